The summed E-state index contributed by atoms with van der Waals surface area (Å²) in [6.45, 7) is 5.15. The van der Waals surface area contributed by atoms with Crippen molar-refractivity contribution in [2.45, 2.75) is 64.0 Å². The second kappa shape index (κ2) is 7.75. The summed E-state index contributed by atoms with van der Waals surface area (Å²) in [5.74, 6) is 0.817. The Hall–Kier alpha value is -0.380. The van der Waals surface area contributed by atoms with Crippen molar-refractivity contribution in [1.29, 1.82) is 0 Å². The van der Waals surface area contributed by atoms with E-state index in [4.69, 9.17) is 0 Å². The van der Waals surface area contributed by atoms with E-state index in [0.717, 1.165) is 29.7 Å². The first-order valence-corrected chi connectivity index (χ1v) is 9.07. The lowest BCUT2D eigenvalue weighted by molar-refractivity contribution is -0.0108. The van der Waals surface area contributed by atoms with Crippen molar-refractivity contribution in [3.05, 3.63) is 34.3 Å². The lowest BCUT2D eigenvalue weighted by atomic mass is 9.77. The van der Waals surface area contributed by atoms with Gasteiger partial charge in [0.2, 0.25) is 0 Å². The molecule has 1 saturated carbocycles. The lowest BCUT2D eigenvalue weighted by Crippen LogP contribution is -2.44. The number of rotatable bonds is 6. The maximum Gasteiger partial charge on any atom is 0.0772 e. The van der Waals surface area contributed by atoms with Gasteiger partial charge < -0.3 is 10.4 Å². The summed E-state index contributed by atoms with van der Waals surface area (Å²) < 4.78 is 1.11. The van der Waals surface area contributed by atoms with Gasteiger partial charge in [0.25, 0.3) is 0 Å². The summed E-state index contributed by atoms with van der Waals surface area (Å²) in [5.41, 5.74) is 0.781. The Bertz CT molecular complexity index is 441. The molecule has 0 aromatic heterocycles. The van der Waals surface area contributed by atoms with Gasteiger partial charge in [0.15, 0.2) is 0 Å². The maximum absolute atomic E-state index is 10.8. The van der Waals surface area contributed by atoms with Crippen molar-refractivity contribution < 1.29 is 5.11 Å². The summed E-state index contributed by atoms with van der Waals surface area (Å²) in [6.07, 6.45) is 6.49. The van der Waals surface area contributed by atoms with Gasteiger partial charge in [0, 0.05) is 17.1 Å². The molecule has 0 radical (unpaired) electrons. The molecule has 0 saturated heterocycles. The first kappa shape index (κ1) is 17.0. The van der Waals surface area contributed by atoms with Crippen LogP contribution < -0.4 is 5.32 Å². The lowest BCUT2D eigenvalue weighted by Gasteiger charge is -2.37. The molecule has 1 aromatic carbocycles. The van der Waals surface area contributed by atoms with Crippen LogP contribution in [-0.2, 0) is 0 Å². The van der Waals surface area contributed by atoms with Crippen LogP contribution in [0.25, 0.3) is 0 Å². The molecule has 21 heavy (non-hydrogen) atoms. The van der Waals surface area contributed by atoms with Gasteiger partial charge in [-0.25, -0.2) is 0 Å². The molecular formula is C18H28BrNO. The van der Waals surface area contributed by atoms with Gasteiger partial charge in [-0.15, -0.1) is 0 Å². The third-order valence-electron chi connectivity index (χ3n) is 4.95. The zero-order valence-corrected chi connectivity index (χ0v) is 14.8. The van der Waals surface area contributed by atoms with Crippen molar-refractivity contribution in [3.8, 4) is 0 Å². The van der Waals surface area contributed by atoms with Crippen LogP contribution in [0.5, 0.6) is 0 Å². The minimum atomic E-state index is -0.509. The summed E-state index contributed by atoms with van der Waals surface area (Å²) in [6, 6.07) is 8.76. The molecule has 1 atom stereocenters. The fourth-order valence-electron chi connectivity index (χ4n) is 3.33. The Balaban J connectivity index is 1.91. The van der Waals surface area contributed by atoms with E-state index in [1.54, 1.807) is 0 Å². The number of hydrogen-bond donors (Lipinski definition) is 2. The van der Waals surface area contributed by atoms with E-state index < -0.39 is 5.60 Å². The molecule has 0 aliphatic heterocycles. The van der Waals surface area contributed by atoms with Crippen LogP contribution >= 0.6 is 15.9 Å². The van der Waals surface area contributed by atoms with Crippen LogP contribution in [0.4, 0.5) is 0 Å². The van der Waals surface area contributed by atoms with Gasteiger partial charge >= 0.3 is 0 Å². The van der Waals surface area contributed by atoms with Gasteiger partial charge in [0.1, 0.15) is 0 Å². The standard InChI is InChI=1S/C18H28BrNO/c1-3-14-8-10-18(21,11-9-14)13-20-17(4-2)15-6-5-7-16(19)12-15/h5-7,12,14,17,20-21H,3-4,8-11,13H2,1-2H3. The molecule has 1 aliphatic carbocycles. The molecule has 1 aliphatic rings. The summed E-state index contributed by atoms with van der Waals surface area (Å²) in [5, 5.41) is 14.3. The molecule has 1 unspecified atom stereocenters. The molecule has 2 nitrogen and oxygen atoms in total. The minimum Gasteiger partial charge on any atom is -0.389 e. The third-order valence-corrected chi connectivity index (χ3v) is 5.44. The van der Waals surface area contributed by atoms with E-state index in [9.17, 15) is 5.11 Å². The highest BCUT2D eigenvalue weighted by Gasteiger charge is 2.32. The molecule has 118 valence electrons. The first-order chi connectivity index (χ1) is 10.1. The molecule has 0 spiro atoms. The molecule has 3 heteroatoms. The number of nitrogens with one attached hydrogen (secondary N) is 1. The van der Waals surface area contributed by atoms with E-state index in [1.165, 1.54) is 24.8 Å². The van der Waals surface area contributed by atoms with Crippen LogP contribution in [0.15, 0.2) is 28.7 Å². The van der Waals surface area contributed by atoms with Crippen LogP contribution in [-0.4, -0.2) is 17.3 Å². The predicted octanol–water partition coefficient (Wildman–Crippen LogP) is 4.82. The molecule has 1 fully saturated rings. The fourth-order valence-corrected chi connectivity index (χ4v) is 3.75. The van der Waals surface area contributed by atoms with Crippen LogP contribution in [0.2, 0.25) is 0 Å². The molecule has 0 bridgehead atoms. The number of halogens is 1. The Morgan fingerprint density at radius 3 is 2.62 bits per heavy atom. The minimum absolute atomic E-state index is 0.315. The fraction of sp³-hybridized carbons (Fsp3) is 0.667. The molecule has 0 heterocycles. The highest BCUT2D eigenvalue weighted by Crippen LogP contribution is 2.33. The summed E-state index contributed by atoms with van der Waals surface area (Å²) in [4.78, 5) is 0. The normalized spacial score (nSPS) is 27.5. The second-order valence-corrected chi connectivity index (χ2v) is 7.39. The molecule has 1 aromatic rings. The molecule has 0 amide bonds. The van der Waals surface area contributed by atoms with E-state index in [-0.39, 0.29) is 0 Å². The Morgan fingerprint density at radius 2 is 2.05 bits per heavy atom. The van der Waals surface area contributed by atoms with Gasteiger partial charge in [0.05, 0.1) is 5.60 Å². The molecule has 2 N–H and O–H groups in total. The van der Waals surface area contributed by atoms with Crippen molar-refractivity contribution in [3.63, 3.8) is 0 Å². The zero-order chi connectivity index (χ0) is 15.3. The largest absolute Gasteiger partial charge is 0.389 e. The Labute approximate surface area is 137 Å². The predicted molar refractivity (Wildman–Crippen MR) is 92.4 cm³/mol. The van der Waals surface area contributed by atoms with Crippen molar-refractivity contribution >= 4 is 15.9 Å². The van der Waals surface area contributed by atoms with Crippen molar-refractivity contribution in [1.82, 2.24) is 5.32 Å². The van der Waals surface area contributed by atoms with Gasteiger partial charge in [-0.1, -0.05) is 48.3 Å². The number of aliphatic hydroxyl groups is 1. The second-order valence-electron chi connectivity index (χ2n) is 6.47. The SMILES string of the molecule is CCC1CCC(O)(CNC(CC)c2cccc(Br)c2)CC1. The average Bonchev–Trinajstić information content (AvgIpc) is 2.49. The smallest absolute Gasteiger partial charge is 0.0772 e. The zero-order valence-electron chi connectivity index (χ0n) is 13.2. The molecule has 2 rings (SSSR count). The summed E-state index contributed by atoms with van der Waals surface area (Å²) in [7, 11) is 0. The van der Waals surface area contributed by atoms with E-state index >= 15 is 0 Å². The first-order valence-electron chi connectivity index (χ1n) is 8.27. The monoisotopic (exact) mass is 353 g/mol. The molecular weight excluding hydrogens is 326 g/mol. The quantitative estimate of drug-likeness (QED) is 0.768. The highest BCUT2D eigenvalue weighted by atomic mass is 79.9. The van der Waals surface area contributed by atoms with E-state index in [0.29, 0.717) is 12.6 Å². The van der Waals surface area contributed by atoms with Gasteiger partial charge in [-0.2, -0.15) is 0 Å². The highest BCUT2D eigenvalue weighted by molar-refractivity contribution is 9.10. The van der Waals surface area contributed by atoms with E-state index in [2.05, 4.69) is 59.4 Å². The maximum atomic E-state index is 10.8. The van der Waals surface area contributed by atoms with Crippen LogP contribution in [0, 0.1) is 5.92 Å². The van der Waals surface area contributed by atoms with Gasteiger partial charge in [-0.05, 0) is 55.7 Å². The Kier molecular flexibility index (Phi) is 6.27. The van der Waals surface area contributed by atoms with Gasteiger partial charge in [-0.3, -0.25) is 0 Å². The number of benzene rings is 1. The third kappa shape index (κ3) is 4.80. The topological polar surface area (TPSA) is 32.3 Å². The van der Waals surface area contributed by atoms with Crippen LogP contribution in [0.1, 0.15) is 64.0 Å². The van der Waals surface area contributed by atoms with Crippen molar-refractivity contribution in [2.75, 3.05) is 6.54 Å². The van der Waals surface area contributed by atoms with E-state index in [1.807, 2.05) is 0 Å². The van der Waals surface area contributed by atoms with Crippen molar-refractivity contribution in [2.24, 2.45) is 5.92 Å². The Morgan fingerprint density at radius 1 is 1.33 bits per heavy atom. The average molecular weight is 354 g/mol. The summed E-state index contributed by atoms with van der Waals surface area (Å²) >= 11 is 3.54. The van der Waals surface area contributed by atoms with Crippen LogP contribution in [0.3, 0.4) is 0 Å². The number of hydrogen-bond acceptors (Lipinski definition) is 2.